The fourth-order valence-electron chi connectivity index (χ4n) is 2.65. The van der Waals surface area contributed by atoms with E-state index in [2.05, 4.69) is 20.7 Å². The lowest BCUT2D eigenvalue weighted by molar-refractivity contribution is 0.0710. The maximum Gasteiger partial charge on any atom is 0.254 e. The van der Waals surface area contributed by atoms with Gasteiger partial charge in [-0.15, -0.1) is 0 Å². The van der Waals surface area contributed by atoms with E-state index in [1.54, 1.807) is 11.0 Å². The predicted molar refractivity (Wildman–Crippen MR) is 94.9 cm³/mol. The number of carbonyl (C=O) groups is 1. The van der Waals surface area contributed by atoms with Gasteiger partial charge in [0.2, 0.25) is 10.0 Å². The fourth-order valence-corrected chi connectivity index (χ4v) is 4.64. The molecule has 1 aliphatic rings. The lowest BCUT2D eigenvalue weighted by atomic mass is 10.0. The van der Waals surface area contributed by atoms with Crippen molar-refractivity contribution >= 4 is 31.9 Å². The third kappa shape index (κ3) is 5.29. The zero-order valence-electron chi connectivity index (χ0n) is 13.3. The summed E-state index contributed by atoms with van der Waals surface area (Å²) in [4.78, 5) is 14.3. The van der Waals surface area contributed by atoms with Crippen molar-refractivity contribution in [3.05, 3.63) is 34.3 Å². The molecule has 1 aromatic carbocycles. The molecule has 0 aromatic heterocycles. The van der Waals surface area contributed by atoms with Crippen LogP contribution in [0, 0.1) is 0 Å². The summed E-state index contributed by atoms with van der Waals surface area (Å²) in [7, 11) is -3.20. The molecular formula is C16H23BrN2O3S. The predicted octanol–water partition coefficient (Wildman–Crippen LogP) is 2.77. The van der Waals surface area contributed by atoms with E-state index in [0.717, 1.165) is 10.9 Å². The standard InChI is InChI=1S/C16H23BrN2O3S/c1-2-3-12-23(21,22)18-13-8-10-19(11-9-13)16(20)14-6-4-5-7-15(14)17/h4-7,13,18H,2-3,8-12H2,1H3. The van der Waals surface area contributed by atoms with Gasteiger partial charge in [0.15, 0.2) is 0 Å². The molecule has 0 aliphatic carbocycles. The molecule has 0 atom stereocenters. The molecule has 1 N–H and O–H groups in total. The minimum atomic E-state index is -3.20. The van der Waals surface area contributed by atoms with Crippen LogP contribution in [0.2, 0.25) is 0 Å². The monoisotopic (exact) mass is 402 g/mol. The number of piperidine rings is 1. The third-order valence-corrected chi connectivity index (χ3v) is 6.21. The second-order valence-electron chi connectivity index (χ2n) is 5.84. The van der Waals surface area contributed by atoms with Crippen molar-refractivity contribution in [2.45, 2.75) is 38.6 Å². The maximum absolute atomic E-state index is 12.5. The zero-order chi connectivity index (χ0) is 16.9. The number of benzene rings is 1. The minimum absolute atomic E-state index is 0.00948. The number of amides is 1. The van der Waals surface area contributed by atoms with Gasteiger partial charge in [-0.2, -0.15) is 0 Å². The number of carbonyl (C=O) groups excluding carboxylic acids is 1. The highest BCUT2D eigenvalue weighted by atomic mass is 79.9. The average molecular weight is 403 g/mol. The second-order valence-corrected chi connectivity index (χ2v) is 8.56. The van der Waals surface area contributed by atoms with Gasteiger partial charge in [0, 0.05) is 23.6 Å². The molecule has 7 heteroatoms. The van der Waals surface area contributed by atoms with Crippen LogP contribution in [-0.4, -0.2) is 44.1 Å². The molecule has 1 fully saturated rings. The topological polar surface area (TPSA) is 66.5 Å². The molecule has 0 bridgehead atoms. The van der Waals surface area contributed by atoms with Crippen molar-refractivity contribution < 1.29 is 13.2 Å². The van der Waals surface area contributed by atoms with Crippen LogP contribution in [0.3, 0.4) is 0 Å². The molecule has 0 radical (unpaired) electrons. The van der Waals surface area contributed by atoms with E-state index < -0.39 is 10.0 Å². The van der Waals surface area contributed by atoms with Gasteiger partial charge < -0.3 is 4.90 Å². The highest BCUT2D eigenvalue weighted by molar-refractivity contribution is 9.10. The summed E-state index contributed by atoms with van der Waals surface area (Å²) in [5.41, 5.74) is 0.648. The maximum atomic E-state index is 12.5. The van der Waals surface area contributed by atoms with E-state index in [4.69, 9.17) is 0 Å². The summed E-state index contributed by atoms with van der Waals surface area (Å²) >= 11 is 3.40. The number of hydrogen-bond acceptors (Lipinski definition) is 3. The number of likely N-dealkylation sites (tertiary alicyclic amines) is 1. The Kier molecular flexibility index (Phi) is 6.61. The number of halogens is 1. The van der Waals surface area contributed by atoms with E-state index in [1.807, 2.05) is 25.1 Å². The molecule has 2 rings (SSSR count). The normalized spacial score (nSPS) is 16.5. The fraction of sp³-hybridized carbons (Fsp3) is 0.562. The van der Waals surface area contributed by atoms with E-state index in [9.17, 15) is 13.2 Å². The Bertz CT molecular complexity index is 640. The number of nitrogens with zero attached hydrogens (tertiary/aromatic N) is 1. The van der Waals surface area contributed by atoms with Crippen LogP contribution in [0.15, 0.2) is 28.7 Å². The van der Waals surface area contributed by atoms with E-state index in [0.29, 0.717) is 37.9 Å². The lowest BCUT2D eigenvalue weighted by Gasteiger charge is -2.32. The summed E-state index contributed by atoms with van der Waals surface area (Å²) < 4.78 is 27.4. The molecule has 1 amide bonds. The molecule has 1 heterocycles. The van der Waals surface area contributed by atoms with Gasteiger partial charge in [-0.3, -0.25) is 4.79 Å². The molecule has 1 saturated heterocycles. The van der Waals surface area contributed by atoms with Crippen molar-refractivity contribution in [2.24, 2.45) is 0 Å². The third-order valence-electron chi connectivity index (χ3n) is 4.00. The molecule has 23 heavy (non-hydrogen) atoms. The Morgan fingerprint density at radius 3 is 2.57 bits per heavy atom. The molecule has 5 nitrogen and oxygen atoms in total. The number of unbranched alkanes of at least 4 members (excludes halogenated alkanes) is 1. The van der Waals surface area contributed by atoms with Crippen LogP contribution in [0.5, 0.6) is 0 Å². The van der Waals surface area contributed by atoms with Crippen molar-refractivity contribution in [1.29, 1.82) is 0 Å². The largest absolute Gasteiger partial charge is 0.338 e. The van der Waals surface area contributed by atoms with Crippen molar-refractivity contribution in [2.75, 3.05) is 18.8 Å². The first-order valence-electron chi connectivity index (χ1n) is 7.96. The Labute approximate surface area is 146 Å². The van der Waals surface area contributed by atoms with E-state index >= 15 is 0 Å². The minimum Gasteiger partial charge on any atom is -0.338 e. The van der Waals surface area contributed by atoms with Crippen LogP contribution in [0.4, 0.5) is 0 Å². The molecule has 1 aliphatic heterocycles. The first-order chi connectivity index (χ1) is 10.9. The first kappa shape index (κ1) is 18.4. The Morgan fingerprint density at radius 1 is 1.30 bits per heavy atom. The molecule has 0 saturated carbocycles. The highest BCUT2D eigenvalue weighted by Crippen LogP contribution is 2.20. The zero-order valence-corrected chi connectivity index (χ0v) is 15.7. The van der Waals surface area contributed by atoms with Crippen molar-refractivity contribution in [1.82, 2.24) is 9.62 Å². The van der Waals surface area contributed by atoms with Crippen LogP contribution < -0.4 is 4.72 Å². The summed E-state index contributed by atoms with van der Waals surface area (Å²) in [5, 5.41) is 0. The number of sulfonamides is 1. The van der Waals surface area contributed by atoms with Gasteiger partial charge in [0.05, 0.1) is 11.3 Å². The van der Waals surface area contributed by atoms with Gasteiger partial charge in [-0.25, -0.2) is 13.1 Å². The van der Waals surface area contributed by atoms with Gasteiger partial charge in [-0.1, -0.05) is 25.5 Å². The summed E-state index contributed by atoms with van der Waals surface area (Å²) in [6, 6.07) is 7.29. The quantitative estimate of drug-likeness (QED) is 0.795. The Hall–Kier alpha value is -0.920. The molecule has 0 spiro atoms. The van der Waals surface area contributed by atoms with Gasteiger partial charge in [-0.05, 0) is 47.3 Å². The van der Waals surface area contributed by atoms with E-state index in [-0.39, 0.29) is 17.7 Å². The second kappa shape index (κ2) is 8.26. The Morgan fingerprint density at radius 2 is 1.96 bits per heavy atom. The van der Waals surface area contributed by atoms with Crippen LogP contribution in [0.25, 0.3) is 0 Å². The van der Waals surface area contributed by atoms with Gasteiger partial charge in [0.25, 0.3) is 5.91 Å². The highest BCUT2D eigenvalue weighted by Gasteiger charge is 2.26. The number of rotatable bonds is 6. The molecule has 1 aromatic rings. The van der Waals surface area contributed by atoms with Crippen LogP contribution in [-0.2, 0) is 10.0 Å². The molecule has 128 valence electrons. The van der Waals surface area contributed by atoms with Crippen molar-refractivity contribution in [3.8, 4) is 0 Å². The summed E-state index contributed by atoms with van der Waals surface area (Å²) in [6.45, 7) is 3.11. The SMILES string of the molecule is CCCCS(=O)(=O)NC1CCN(C(=O)c2ccccc2Br)CC1. The van der Waals surface area contributed by atoms with Crippen molar-refractivity contribution in [3.63, 3.8) is 0 Å². The average Bonchev–Trinajstić information content (AvgIpc) is 2.53. The van der Waals surface area contributed by atoms with Gasteiger partial charge in [0.1, 0.15) is 0 Å². The van der Waals surface area contributed by atoms with E-state index in [1.165, 1.54) is 0 Å². The van der Waals surface area contributed by atoms with Gasteiger partial charge >= 0.3 is 0 Å². The Balaban J connectivity index is 1.89. The summed E-state index contributed by atoms with van der Waals surface area (Å²) in [6.07, 6.45) is 2.84. The van der Waals surface area contributed by atoms with Crippen LogP contribution >= 0.6 is 15.9 Å². The molecular weight excluding hydrogens is 380 g/mol. The lowest BCUT2D eigenvalue weighted by Crippen LogP contribution is -2.47. The molecule has 0 unspecified atom stereocenters. The van der Waals surface area contributed by atoms with Crippen LogP contribution in [0.1, 0.15) is 43.0 Å². The number of nitrogens with one attached hydrogen (secondary N) is 1. The summed E-state index contributed by atoms with van der Waals surface area (Å²) in [5.74, 6) is 0.171. The first-order valence-corrected chi connectivity index (χ1v) is 10.4. The smallest absolute Gasteiger partial charge is 0.254 e. The number of hydrogen-bond donors (Lipinski definition) is 1.